The molecular weight excluding hydrogens is 463 g/mol. The molecule has 8 nitrogen and oxygen atoms in total. The van der Waals surface area contributed by atoms with Crippen LogP contribution in [0.2, 0.25) is 0 Å². The maximum Gasteiger partial charge on any atom is 0.416 e. The molecule has 2 aromatic rings. The number of nitrogens with zero attached hydrogens (tertiary/aromatic N) is 3. The quantitative estimate of drug-likeness (QED) is 0.572. The molecule has 0 bridgehead atoms. The lowest BCUT2D eigenvalue weighted by atomic mass is 9.78. The fourth-order valence-electron chi connectivity index (χ4n) is 4.89. The van der Waals surface area contributed by atoms with Crippen LogP contribution in [0.25, 0.3) is 0 Å². The molecule has 1 saturated heterocycles. The van der Waals surface area contributed by atoms with Crippen molar-refractivity contribution in [2.75, 3.05) is 19.6 Å². The summed E-state index contributed by atoms with van der Waals surface area (Å²) in [5, 5.41) is 16.2. The number of hydrogen-bond donors (Lipinski definition) is 3. The summed E-state index contributed by atoms with van der Waals surface area (Å²) in [6.07, 6.45) is 3.82. The maximum absolute atomic E-state index is 12.8. The molecule has 2 heterocycles. The van der Waals surface area contributed by atoms with Crippen LogP contribution in [0.15, 0.2) is 43.0 Å². The molecule has 0 unspecified atom stereocenters. The first-order chi connectivity index (χ1) is 16.6. The van der Waals surface area contributed by atoms with E-state index < -0.39 is 23.2 Å². The van der Waals surface area contributed by atoms with Crippen LogP contribution in [-0.4, -0.2) is 63.5 Å². The first-order valence-corrected chi connectivity index (χ1v) is 11.6. The summed E-state index contributed by atoms with van der Waals surface area (Å²) < 4.78 is 38.5. The van der Waals surface area contributed by atoms with Gasteiger partial charge in [0, 0.05) is 48.7 Å². The number of hydrogen-bond acceptors (Lipinski definition) is 6. The summed E-state index contributed by atoms with van der Waals surface area (Å²) in [5.41, 5.74) is -1.25. The average molecular weight is 492 g/mol. The van der Waals surface area contributed by atoms with Crippen LogP contribution in [0.1, 0.15) is 53.6 Å². The van der Waals surface area contributed by atoms with Crippen LogP contribution in [0.4, 0.5) is 13.2 Å². The smallest absolute Gasteiger partial charge is 0.385 e. The monoisotopic (exact) mass is 491 g/mol. The highest BCUT2D eigenvalue weighted by molar-refractivity contribution is 5.96. The molecule has 1 saturated carbocycles. The molecular formula is C24H28F3N5O3. The van der Waals surface area contributed by atoms with Crippen LogP contribution in [0, 0.1) is 0 Å². The van der Waals surface area contributed by atoms with Gasteiger partial charge in [-0.25, -0.2) is 9.97 Å². The van der Waals surface area contributed by atoms with Crippen molar-refractivity contribution in [1.82, 2.24) is 25.5 Å². The van der Waals surface area contributed by atoms with E-state index in [1.165, 1.54) is 12.4 Å². The number of rotatable bonds is 6. The Hall–Kier alpha value is -3.05. The third-order valence-electron chi connectivity index (χ3n) is 6.84. The topological polar surface area (TPSA) is 107 Å². The Kier molecular flexibility index (Phi) is 7.36. The first kappa shape index (κ1) is 25.1. The SMILES string of the molecule is O=C(CNC(=O)c1cccc(C(F)(F)F)c1)N[C@@H]1CCN(C2CCC(O)(c3cncnc3)CC2)C1. The Morgan fingerprint density at radius 2 is 1.86 bits per heavy atom. The average Bonchev–Trinajstić information content (AvgIpc) is 3.31. The number of alkyl halides is 3. The van der Waals surface area contributed by atoms with Gasteiger partial charge in [0.25, 0.3) is 5.91 Å². The zero-order valence-corrected chi connectivity index (χ0v) is 19.1. The second-order valence-electron chi connectivity index (χ2n) is 9.20. The third kappa shape index (κ3) is 6.15. The van der Waals surface area contributed by atoms with Gasteiger partial charge in [-0.05, 0) is 50.3 Å². The lowest BCUT2D eigenvalue weighted by Gasteiger charge is -2.39. The van der Waals surface area contributed by atoms with Crippen molar-refractivity contribution in [3.8, 4) is 0 Å². The van der Waals surface area contributed by atoms with Crippen molar-refractivity contribution in [3.63, 3.8) is 0 Å². The zero-order chi connectivity index (χ0) is 25.1. The summed E-state index contributed by atoms with van der Waals surface area (Å²) in [6.45, 7) is 1.17. The normalized spacial score (nSPS) is 25.3. The van der Waals surface area contributed by atoms with Crippen molar-refractivity contribution < 1.29 is 27.9 Å². The molecule has 1 aliphatic heterocycles. The van der Waals surface area contributed by atoms with Gasteiger partial charge in [0.1, 0.15) is 6.33 Å². The summed E-state index contributed by atoms with van der Waals surface area (Å²) in [7, 11) is 0. The summed E-state index contributed by atoms with van der Waals surface area (Å²) in [6, 6.07) is 4.31. The summed E-state index contributed by atoms with van der Waals surface area (Å²) >= 11 is 0. The van der Waals surface area contributed by atoms with Crippen LogP contribution in [0.3, 0.4) is 0 Å². The lowest BCUT2D eigenvalue weighted by Crippen LogP contribution is -2.45. The highest BCUT2D eigenvalue weighted by Crippen LogP contribution is 2.38. The Bertz CT molecular complexity index is 1040. The lowest BCUT2D eigenvalue weighted by molar-refractivity contribution is -0.137. The van der Waals surface area contributed by atoms with E-state index in [9.17, 15) is 27.9 Å². The van der Waals surface area contributed by atoms with Gasteiger partial charge in [-0.2, -0.15) is 13.2 Å². The Balaban J connectivity index is 1.21. The van der Waals surface area contributed by atoms with Gasteiger partial charge < -0.3 is 15.7 Å². The largest absolute Gasteiger partial charge is 0.416 e. The molecule has 0 radical (unpaired) electrons. The zero-order valence-electron chi connectivity index (χ0n) is 19.1. The van der Waals surface area contributed by atoms with Gasteiger partial charge in [-0.15, -0.1) is 0 Å². The molecule has 11 heteroatoms. The minimum atomic E-state index is -4.55. The molecule has 0 spiro atoms. The van der Waals surface area contributed by atoms with E-state index in [1.54, 1.807) is 12.4 Å². The molecule has 188 valence electrons. The Morgan fingerprint density at radius 3 is 2.54 bits per heavy atom. The van der Waals surface area contributed by atoms with Crippen molar-refractivity contribution in [2.24, 2.45) is 0 Å². The van der Waals surface area contributed by atoms with Gasteiger partial charge in [-0.3, -0.25) is 14.5 Å². The van der Waals surface area contributed by atoms with Crippen LogP contribution >= 0.6 is 0 Å². The summed E-state index contributed by atoms with van der Waals surface area (Å²) in [4.78, 5) is 34.8. The van der Waals surface area contributed by atoms with Crippen molar-refractivity contribution >= 4 is 11.8 Å². The summed E-state index contributed by atoms with van der Waals surface area (Å²) in [5.74, 6) is -1.13. The minimum Gasteiger partial charge on any atom is -0.385 e. The van der Waals surface area contributed by atoms with E-state index in [-0.39, 0.29) is 24.1 Å². The molecule has 1 atom stereocenters. The van der Waals surface area contributed by atoms with Gasteiger partial charge >= 0.3 is 6.18 Å². The van der Waals surface area contributed by atoms with Gasteiger partial charge in [0.15, 0.2) is 0 Å². The van der Waals surface area contributed by atoms with Crippen molar-refractivity contribution in [3.05, 3.63) is 59.7 Å². The van der Waals surface area contributed by atoms with Gasteiger partial charge in [-0.1, -0.05) is 6.07 Å². The Labute approximate surface area is 200 Å². The molecule has 35 heavy (non-hydrogen) atoms. The fraction of sp³-hybridized carbons (Fsp3) is 0.500. The number of likely N-dealkylation sites (tertiary alicyclic amines) is 1. The van der Waals surface area contributed by atoms with E-state index in [4.69, 9.17) is 0 Å². The molecule has 2 aliphatic rings. The van der Waals surface area contributed by atoms with Crippen molar-refractivity contribution in [1.29, 1.82) is 0 Å². The molecule has 3 N–H and O–H groups in total. The maximum atomic E-state index is 12.8. The highest BCUT2D eigenvalue weighted by Gasteiger charge is 2.39. The van der Waals surface area contributed by atoms with Crippen LogP contribution in [0.5, 0.6) is 0 Å². The number of aromatic nitrogens is 2. The van der Waals surface area contributed by atoms with Gasteiger partial charge in [0.05, 0.1) is 17.7 Å². The predicted octanol–water partition coefficient (Wildman–Crippen LogP) is 2.25. The number of nitrogens with one attached hydrogen (secondary N) is 2. The number of benzene rings is 1. The molecule has 1 aromatic heterocycles. The van der Waals surface area contributed by atoms with Crippen LogP contribution < -0.4 is 10.6 Å². The Morgan fingerprint density at radius 1 is 1.14 bits per heavy atom. The van der Waals surface area contributed by atoms with Crippen LogP contribution in [-0.2, 0) is 16.6 Å². The van der Waals surface area contributed by atoms with E-state index in [0.717, 1.165) is 49.6 Å². The van der Waals surface area contributed by atoms with E-state index in [1.807, 2.05) is 0 Å². The van der Waals surface area contributed by atoms with E-state index in [0.29, 0.717) is 25.4 Å². The molecule has 1 aromatic carbocycles. The van der Waals surface area contributed by atoms with Crippen molar-refractivity contribution in [2.45, 2.75) is 56.0 Å². The molecule has 2 amide bonds. The number of carbonyl (C=O) groups excluding carboxylic acids is 2. The number of halogens is 3. The third-order valence-corrected chi connectivity index (χ3v) is 6.84. The number of aliphatic hydroxyl groups is 1. The molecule has 1 aliphatic carbocycles. The number of carbonyl (C=O) groups is 2. The molecule has 2 fully saturated rings. The highest BCUT2D eigenvalue weighted by atomic mass is 19.4. The standard InChI is InChI=1S/C24H28F3N5O3/c25-24(26,27)17-3-1-2-16(10-17)22(34)30-13-21(33)31-19-6-9-32(14-19)20-4-7-23(35,8-5-20)18-11-28-15-29-12-18/h1-3,10-12,15,19-20,35H,4-9,13-14H2,(H,30,34)(H,31,33)/t19-,20?,23?/m1/s1. The van der Waals surface area contributed by atoms with E-state index >= 15 is 0 Å². The van der Waals surface area contributed by atoms with Gasteiger partial charge in [0.2, 0.25) is 5.91 Å². The predicted molar refractivity (Wildman–Crippen MR) is 120 cm³/mol. The first-order valence-electron chi connectivity index (χ1n) is 11.6. The second-order valence-corrected chi connectivity index (χ2v) is 9.20. The van der Waals surface area contributed by atoms with E-state index in [2.05, 4.69) is 25.5 Å². The minimum absolute atomic E-state index is 0.0729. The molecule has 4 rings (SSSR count). The number of amides is 2. The fourth-order valence-corrected chi connectivity index (χ4v) is 4.89. The second kappa shape index (κ2) is 10.3.